The van der Waals surface area contributed by atoms with Crippen molar-refractivity contribution in [3.63, 3.8) is 0 Å². The van der Waals surface area contributed by atoms with Crippen LogP contribution < -0.4 is 10.9 Å². The summed E-state index contributed by atoms with van der Waals surface area (Å²) >= 11 is 0. The largest absolute Gasteiger partial charge is 0.375 e. The monoisotopic (exact) mass is 655 g/mol. The van der Waals surface area contributed by atoms with Crippen molar-refractivity contribution in [2.45, 2.75) is 6.92 Å². The van der Waals surface area contributed by atoms with E-state index in [1.54, 1.807) is 0 Å². The van der Waals surface area contributed by atoms with Crippen molar-refractivity contribution in [1.82, 2.24) is 9.05 Å². The van der Waals surface area contributed by atoms with Crippen LogP contribution in [-0.2, 0) is 0 Å². The Morgan fingerprint density at radius 2 is 1.27 bits per heavy atom. The number of hydrogen-bond donors (Lipinski definition) is 0. The molecule has 11 aromatic rings. The maximum absolute atomic E-state index is 9.67. The molecular formula is C48H26BN3. The minimum absolute atomic E-state index is 0.0197. The van der Waals surface area contributed by atoms with Crippen molar-refractivity contribution in [2.75, 3.05) is 0 Å². The van der Waals surface area contributed by atoms with Gasteiger partial charge in [-0.1, -0.05) is 103 Å². The zero-order valence-electron chi connectivity index (χ0n) is 28.2. The van der Waals surface area contributed by atoms with Crippen LogP contribution >= 0.6 is 0 Å². The molecular weight excluding hydrogens is 629 g/mol. The molecule has 2 aliphatic heterocycles. The molecule has 0 unspecified atom stereocenters. The van der Waals surface area contributed by atoms with Crippen LogP contribution in [0.25, 0.3) is 104 Å². The molecule has 0 radical (unpaired) electrons. The molecule has 0 saturated carbocycles. The van der Waals surface area contributed by atoms with Crippen molar-refractivity contribution in [2.24, 2.45) is 0 Å². The van der Waals surface area contributed by atoms with E-state index in [2.05, 4.69) is 149 Å². The van der Waals surface area contributed by atoms with Crippen LogP contribution in [0, 0.1) is 18.3 Å². The molecule has 0 spiro atoms. The zero-order chi connectivity index (χ0) is 34.0. The average molecular weight is 656 g/mol. The van der Waals surface area contributed by atoms with Gasteiger partial charge >= 0.3 is 6.85 Å². The molecule has 0 N–H and O–H groups in total. The Kier molecular flexibility index (Phi) is 4.71. The molecule has 3 nitrogen and oxygen atoms in total. The molecule has 2 aliphatic rings. The second-order valence-corrected chi connectivity index (χ2v) is 14.7. The minimum Gasteiger partial charge on any atom is -0.375 e. The first kappa shape index (κ1) is 27.0. The molecule has 4 heterocycles. The standard InChI is InChI=1S/C48H26BN3/c1-26-35(29-15-13-27(25-50)14-16-29)24-40-46-41(26)36-23-32-8-3-5-11-34(32)45-44-33-10-4-2-7-28(33)20-22-39(44)52(47(36)45)49(46)37-21-19-31-18-17-30-9-6-12-38-42(30)43(31)48(37)51(38)40/h2-24H,1H3. The van der Waals surface area contributed by atoms with Crippen molar-refractivity contribution in [3.05, 3.63) is 151 Å². The number of benzene rings is 9. The lowest BCUT2D eigenvalue weighted by molar-refractivity contribution is 1.17. The van der Waals surface area contributed by atoms with E-state index in [-0.39, 0.29) is 6.85 Å². The van der Waals surface area contributed by atoms with E-state index >= 15 is 0 Å². The summed E-state index contributed by atoms with van der Waals surface area (Å²) < 4.78 is 5.27. The summed E-state index contributed by atoms with van der Waals surface area (Å²) in [5, 5.41) is 22.7. The van der Waals surface area contributed by atoms with Crippen molar-refractivity contribution < 1.29 is 0 Å². The summed E-state index contributed by atoms with van der Waals surface area (Å²) in [6, 6.07) is 54.0. The summed E-state index contributed by atoms with van der Waals surface area (Å²) in [6.07, 6.45) is 0. The molecule has 0 aliphatic carbocycles. The van der Waals surface area contributed by atoms with Gasteiger partial charge in [-0.15, -0.1) is 0 Å². The SMILES string of the molecule is Cc1c(-c2ccc(C#N)cc2)cc2c3c1-c1cc4ccccc4c4c5c6ccccc6ccc5n(c14)B3c1ccc3ccc4cccc5c4c3c1n5-2. The number of hydrogen-bond acceptors (Lipinski definition) is 1. The fraction of sp³-hybridized carbons (Fsp3) is 0.0208. The van der Waals surface area contributed by atoms with Crippen molar-refractivity contribution in [3.8, 4) is 34.0 Å². The number of nitriles is 1. The lowest BCUT2D eigenvalue weighted by Crippen LogP contribution is -2.55. The third-order valence-electron chi connectivity index (χ3n) is 12.4. The van der Waals surface area contributed by atoms with E-state index < -0.39 is 0 Å². The van der Waals surface area contributed by atoms with Crippen LogP contribution in [0.1, 0.15) is 11.1 Å². The quantitative estimate of drug-likeness (QED) is 0.128. The van der Waals surface area contributed by atoms with Gasteiger partial charge in [-0.2, -0.15) is 5.26 Å². The molecule has 0 bridgehead atoms. The van der Waals surface area contributed by atoms with Gasteiger partial charge in [-0.25, -0.2) is 0 Å². The van der Waals surface area contributed by atoms with E-state index in [4.69, 9.17) is 0 Å². The molecule has 236 valence electrons. The molecule has 9 aromatic carbocycles. The highest BCUT2D eigenvalue weighted by Gasteiger charge is 2.43. The molecule has 0 amide bonds. The third kappa shape index (κ3) is 2.99. The maximum Gasteiger partial charge on any atom is 0.333 e. The van der Waals surface area contributed by atoms with Crippen LogP contribution in [0.4, 0.5) is 0 Å². The van der Waals surface area contributed by atoms with Gasteiger partial charge in [0.2, 0.25) is 0 Å². The highest BCUT2D eigenvalue weighted by atomic mass is 15.0. The molecule has 0 atom stereocenters. The second kappa shape index (κ2) is 9.09. The average Bonchev–Trinajstić information content (AvgIpc) is 3.74. The Balaban J connectivity index is 1.32. The van der Waals surface area contributed by atoms with E-state index in [1.165, 1.54) is 115 Å². The van der Waals surface area contributed by atoms with Gasteiger partial charge in [-0.05, 0) is 109 Å². The third-order valence-corrected chi connectivity index (χ3v) is 12.4. The molecule has 0 saturated heterocycles. The fourth-order valence-electron chi connectivity index (χ4n) is 10.4. The number of fused-ring (bicyclic) bond motifs is 12. The first-order valence-corrected chi connectivity index (χ1v) is 18.0. The predicted molar refractivity (Wildman–Crippen MR) is 218 cm³/mol. The van der Waals surface area contributed by atoms with E-state index in [0.717, 1.165) is 5.56 Å². The Morgan fingerprint density at radius 3 is 2.10 bits per heavy atom. The van der Waals surface area contributed by atoms with Crippen molar-refractivity contribution >= 4 is 93.7 Å². The normalized spacial score (nSPS) is 13.0. The summed E-state index contributed by atoms with van der Waals surface area (Å²) in [5.41, 5.74) is 16.0. The first-order valence-electron chi connectivity index (χ1n) is 18.0. The lowest BCUT2D eigenvalue weighted by atomic mass is 9.45. The smallest absolute Gasteiger partial charge is 0.333 e. The molecule has 52 heavy (non-hydrogen) atoms. The molecule has 13 rings (SSSR count). The Morgan fingerprint density at radius 1 is 0.558 bits per heavy atom. The Bertz CT molecular complexity index is 3480. The zero-order valence-corrected chi connectivity index (χ0v) is 28.2. The molecule has 2 aromatic heterocycles. The summed E-state index contributed by atoms with van der Waals surface area (Å²) in [5.74, 6) is 0. The number of rotatable bonds is 1. The molecule has 4 heteroatoms. The van der Waals surface area contributed by atoms with Gasteiger partial charge in [0.1, 0.15) is 0 Å². The number of aromatic nitrogens is 2. The van der Waals surface area contributed by atoms with Crippen LogP contribution in [0.2, 0.25) is 0 Å². The maximum atomic E-state index is 9.67. The lowest BCUT2D eigenvalue weighted by Gasteiger charge is -2.36. The van der Waals surface area contributed by atoms with Gasteiger partial charge in [-0.3, -0.25) is 0 Å². The Labute approximate surface area is 298 Å². The van der Waals surface area contributed by atoms with Gasteiger partial charge in [0.15, 0.2) is 0 Å². The van der Waals surface area contributed by atoms with E-state index in [1.807, 2.05) is 12.1 Å². The van der Waals surface area contributed by atoms with Gasteiger partial charge in [0.05, 0.1) is 22.7 Å². The van der Waals surface area contributed by atoms with E-state index in [0.29, 0.717) is 5.56 Å². The van der Waals surface area contributed by atoms with E-state index in [9.17, 15) is 5.26 Å². The Hall–Kier alpha value is -6.83. The van der Waals surface area contributed by atoms with Gasteiger partial charge in [0, 0.05) is 43.8 Å². The summed E-state index contributed by atoms with van der Waals surface area (Å²) in [4.78, 5) is 0. The van der Waals surface area contributed by atoms with Crippen LogP contribution in [0.3, 0.4) is 0 Å². The highest BCUT2D eigenvalue weighted by Crippen LogP contribution is 2.50. The summed E-state index contributed by atoms with van der Waals surface area (Å²) in [6.45, 7) is 2.29. The van der Waals surface area contributed by atoms with Crippen molar-refractivity contribution in [1.29, 1.82) is 5.26 Å². The van der Waals surface area contributed by atoms with Crippen LogP contribution in [0.15, 0.2) is 140 Å². The van der Waals surface area contributed by atoms with Crippen LogP contribution in [-0.4, -0.2) is 15.9 Å². The highest BCUT2D eigenvalue weighted by molar-refractivity contribution is 6.90. The minimum atomic E-state index is -0.0197. The topological polar surface area (TPSA) is 33.6 Å². The first-order chi connectivity index (χ1) is 25.7. The number of nitrogens with zero attached hydrogens (tertiary/aromatic N) is 3. The summed E-state index contributed by atoms with van der Waals surface area (Å²) in [7, 11) is 0. The van der Waals surface area contributed by atoms with Crippen LogP contribution in [0.5, 0.6) is 0 Å². The second-order valence-electron chi connectivity index (χ2n) is 14.7. The predicted octanol–water partition coefficient (Wildman–Crippen LogP) is 10.6. The van der Waals surface area contributed by atoms with Gasteiger partial charge in [0.25, 0.3) is 0 Å². The fourth-order valence-corrected chi connectivity index (χ4v) is 10.4. The van der Waals surface area contributed by atoms with Gasteiger partial charge < -0.3 is 9.05 Å². The molecule has 0 fully saturated rings.